The van der Waals surface area contributed by atoms with Gasteiger partial charge in [0.1, 0.15) is 10.7 Å². The van der Waals surface area contributed by atoms with Gasteiger partial charge in [-0.1, -0.05) is 0 Å². The summed E-state index contributed by atoms with van der Waals surface area (Å²) >= 11 is 1.54. The van der Waals surface area contributed by atoms with Gasteiger partial charge in [-0.15, -0.1) is 11.3 Å². The molecule has 0 spiro atoms. The lowest BCUT2D eigenvalue weighted by Crippen LogP contribution is -2.41. The fourth-order valence-corrected chi connectivity index (χ4v) is 4.45. The van der Waals surface area contributed by atoms with Crippen LogP contribution in [0.5, 0.6) is 0 Å². The van der Waals surface area contributed by atoms with Crippen LogP contribution in [0, 0.1) is 13.8 Å². The first kappa shape index (κ1) is 17.1. The van der Waals surface area contributed by atoms with E-state index >= 15 is 0 Å². The van der Waals surface area contributed by atoms with Gasteiger partial charge in [-0.3, -0.25) is 9.59 Å². The predicted octanol–water partition coefficient (Wildman–Crippen LogP) is 1.74. The van der Waals surface area contributed by atoms with Gasteiger partial charge in [0.15, 0.2) is 0 Å². The number of amides is 1. The fraction of sp³-hybridized carbons (Fsp3) is 0.588. The van der Waals surface area contributed by atoms with Crippen LogP contribution in [0.4, 0.5) is 0 Å². The number of fused-ring (bicyclic) bond motifs is 1. The van der Waals surface area contributed by atoms with E-state index in [0.29, 0.717) is 30.1 Å². The number of rotatable bonds is 5. The third-order valence-corrected chi connectivity index (χ3v) is 5.90. The molecule has 6 nitrogen and oxygen atoms in total. The molecule has 130 valence electrons. The van der Waals surface area contributed by atoms with Crippen LogP contribution in [0.25, 0.3) is 10.2 Å². The second-order valence-corrected chi connectivity index (χ2v) is 7.62. The van der Waals surface area contributed by atoms with E-state index in [4.69, 9.17) is 0 Å². The summed E-state index contributed by atoms with van der Waals surface area (Å²) in [6.45, 7) is 5.61. The standard InChI is InChI=1S/C17H24N4O2S/c1-10-11(2)24-17-15(10)16(23)19-13(20-17)6-7-14(22)21-8-4-5-12(21)9-18-3/h12,18H,4-9H2,1-3H3,(H,19,20,23). The van der Waals surface area contributed by atoms with Gasteiger partial charge >= 0.3 is 0 Å². The molecule has 1 amide bonds. The maximum absolute atomic E-state index is 12.5. The Morgan fingerprint density at radius 2 is 2.25 bits per heavy atom. The Bertz CT molecular complexity index is 811. The topological polar surface area (TPSA) is 78.1 Å². The number of likely N-dealkylation sites (tertiary alicyclic amines) is 1. The summed E-state index contributed by atoms with van der Waals surface area (Å²) in [5.41, 5.74) is 0.900. The Balaban J connectivity index is 1.71. The van der Waals surface area contributed by atoms with Gasteiger partial charge in [-0.2, -0.15) is 0 Å². The highest BCUT2D eigenvalue weighted by Gasteiger charge is 2.27. The molecule has 1 aliphatic rings. The number of nitrogens with zero attached hydrogens (tertiary/aromatic N) is 2. The number of aromatic amines is 1. The lowest BCUT2D eigenvalue weighted by atomic mass is 10.2. The highest BCUT2D eigenvalue weighted by molar-refractivity contribution is 7.18. The number of likely N-dealkylation sites (N-methyl/N-ethyl adjacent to an activating group) is 1. The van der Waals surface area contributed by atoms with Crippen LogP contribution in [-0.2, 0) is 11.2 Å². The monoisotopic (exact) mass is 348 g/mol. The molecule has 0 radical (unpaired) electrons. The molecule has 2 aromatic rings. The SMILES string of the molecule is CNCC1CCCN1C(=O)CCc1nc2sc(C)c(C)c2c(=O)[nH]1. The zero-order valence-corrected chi connectivity index (χ0v) is 15.3. The number of carbonyl (C=O) groups excluding carboxylic acids is 1. The summed E-state index contributed by atoms with van der Waals surface area (Å²) in [7, 11) is 1.91. The summed E-state index contributed by atoms with van der Waals surface area (Å²) in [6, 6.07) is 0.291. The van der Waals surface area contributed by atoms with Crippen molar-refractivity contribution < 1.29 is 4.79 Å². The second-order valence-electron chi connectivity index (χ2n) is 6.42. The molecule has 2 aromatic heterocycles. The van der Waals surface area contributed by atoms with Gasteiger partial charge in [0.05, 0.1) is 5.39 Å². The van der Waals surface area contributed by atoms with Gasteiger partial charge in [0.2, 0.25) is 5.91 Å². The number of aromatic nitrogens is 2. The molecular weight excluding hydrogens is 324 g/mol. The molecule has 1 aliphatic heterocycles. The van der Waals surface area contributed by atoms with Gasteiger partial charge in [0.25, 0.3) is 5.56 Å². The first-order valence-electron chi connectivity index (χ1n) is 8.44. The Morgan fingerprint density at radius 1 is 1.46 bits per heavy atom. The smallest absolute Gasteiger partial charge is 0.259 e. The molecule has 3 heterocycles. The minimum Gasteiger partial charge on any atom is -0.338 e. The van der Waals surface area contributed by atoms with Crippen LogP contribution in [0.1, 0.15) is 35.5 Å². The van der Waals surface area contributed by atoms with E-state index in [1.54, 1.807) is 0 Å². The molecule has 0 aromatic carbocycles. The van der Waals surface area contributed by atoms with Gasteiger partial charge in [0, 0.05) is 36.9 Å². The van der Waals surface area contributed by atoms with Crippen LogP contribution in [0.3, 0.4) is 0 Å². The lowest BCUT2D eigenvalue weighted by molar-refractivity contribution is -0.131. The van der Waals surface area contributed by atoms with Crippen LogP contribution in [0.2, 0.25) is 0 Å². The summed E-state index contributed by atoms with van der Waals surface area (Å²) in [5.74, 6) is 0.750. The molecule has 0 bridgehead atoms. The van der Waals surface area contributed by atoms with Crippen molar-refractivity contribution in [3.8, 4) is 0 Å². The van der Waals surface area contributed by atoms with Crippen LogP contribution in [0.15, 0.2) is 4.79 Å². The molecule has 1 saturated heterocycles. The molecule has 0 saturated carbocycles. The van der Waals surface area contributed by atoms with E-state index in [2.05, 4.69) is 15.3 Å². The number of hydrogen-bond acceptors (Lipinski definition) is 5. The fourth-order valence-electron chi connectivity index (χ4n) is 3.40. The average molecular weight is 348 g/mol. The predicted molar refractivity (Wildman–Crippen MR) is 96.7 cm³/mol. The third-order valence-electron chi connectivity index (χ3n) is 4.80. The normalized spacial score (nSPS) is 17.8. The number of thiophene rings is 1. The van der Waals surface area contributed by atoms with Crippen molar-refractivity contribution in [3.05, 3.63) is 26.6 Å². The number of nitrogens with one attached hydrogen (secondary N) is 2. The lowest BCUT2D eigenvalue weighted by Gasteiger charge is -2.24. The van der Waals surface area contributed by atoms with Gasteiger partial charge in [-0.25, -0.2) is 4.98 Å². The first-order valence-corrected chi connectivity index (χ1v) is 9.26. The Hall–Kier alpha value is -1.73. The maximum Gasteiger partial charge on any atom is 0.259 e. The zero-order chi connectivity index (χ0) is 17.3. The van der Waals surface area contributed by atoms with E-state index in [-0.39, 0.29) is 11.5 Å². The average Bonchev–Trinajstić information content (AvgIpc) is 3.11. The van der Waals surface area contributed by atoms with Gasteiger partial charge in [-0.05, 0) is 39.3 Å². The third kappa shape index (κ3) is 3.23. The molecule has 7 heteroatoms. The zero-order valence-electron chi connectivity index (χ0n) is 14.4. The summed E-state index contributed by atoms with van der Waals surface area (Å²) < 4.78 is 0. The van der Waals surface area contributed by atoms with E-state index in [9.17, 15) is 9.59 Å². The number of carbonyl (C=O) groups is 1. The highest BCUT2D eigenvalue weighted by Crippen LogP contribution is 2.26. The van der Waals surface area contributed by atoms with Gasteiger partial charge < -0.3 is 15.2 Å². The Labute approximate surface area is 145 Å². The summed E-state index contributed by atoms with van der Waals surface area (Å²) in [5, 5.41) is 3.83. The van der Waals surface area contributed by atoms with E-state index < -0.39 is 0 Å². The summed E-state index contributed by atoms with van der Waals surface area (Å²) in [6.07, 6.45) is 2.98. The van der Waals surface area contributed by atoms with Crippen molar-refractivity contribution in [1.29, 1.82) is 0 Å². The minimum absolute atomic E-state index is 0.0986. The molecule has 24 heavy (non-hydrogen) atoms. The molecule has 0 aliphatic carbocycles. The van der Waals surface area contributed by atoms with Crippen LogP contribution >= 0.6 is 11.3 Å². The largest absolute Gasteiger partial charge is 0.338 e. The number of H-pyrrole nitrogens is 1. The van der Waals surface area contributed by atoms with Crippen LogP contribution in [-0.4, -0.2) is 47.0 Å². The first-order chi connectivity index (χ1) is 11.5. The second kappa shape index (κ2) is 7.03. The molecule has 2 N–H and O–H groups in total. The van der Waals surface area contributed by atoms with Crippen molar-refractivity contribution >= 4 is 27.5 Å². The van der Waals surface area contributed by atoms with E-state index in [1.165, 1.54) is 11.3 Å². The van der Waals surface area contributed by atoms with Crippen molar-refractivity contribution in [2.75, 3.05) is 20.1 Å². The Kier molecular flexibility index (Phi) is 5.01. The number of hydrogen-bond donors (Lipinski definition) is 2. The summed E-state index contributed by atoms with van der Waals surface area (Å²) in [4.78, 5) is 36.0. The minimum atomic E-state index is -0.0986. The highest BCUT2D eigenvalue weighted by atomic mass is 32.1. The van der Waals surface area contributed by atoms with Crippen molar-refractivity contribution in [1.82, 2.24) is 20.2 Å². The van der Waals surface area contributed by atoms with Crippen molar-refractivity contribution in [2.45, 2.75) is 45.6 Å². The molecule has 1 atom stereocenters. The van der Waals surface area contributed by atoms with Crippen molar-refractivity contribution in [3.63, 3.8) is 0 Å². The van der Waals surface area contributed by atoms with Crippen LogP contribution < -0.4 is 10.9 Å². The molecule has 1 unspecified atom stereocenters. The maximum atomic E-state index is 12.5. The van der Waals surface area contributed by atoms with Crippen molar-refractivity contribution in [2.24, 2.45) is 0 Å². The van der Waals surface area contributed by atoms with E-state index in [0.717, 1.165) is 41.2 Å². The quantitative estimate of drug-likeness (QED) is 0.863. The molecule has 1 fully saturated rings. The molecule has 3 rings (SSSR count). The number of aryl methyl sites for hydroxylation is 3. The van der Waals surface area contributed by atoms with E-state index in [1.807, 2.05) is 25.8 Å². The Morgan fingerprint density at radius 3 is 3.00 bits per heavy atom. The molecular formula is C17H24N4O2S.